The van der Waals surface area contributed by atoms with Gasteiger partial charge in [0.05, 0.1) is 12.6 Å². The zero-order valence-electron chi connectivity index (χ0n) is 10.1. The lowest BCUT2D eigenvalue weighted by Gasteiger charge is -2.16. The van der Waals surface area contributed by atoms with Gasteiger partial charge < -0.3 is 14.8 Å². The van der Waals surface area contributed by atoms with Crippen LogP contribution in [0.2, 0.25) is 0 Å². The summed E-state index contributed by atoms with van der Waals surface area (Å²) in [5, 5.41) is 3.31. The molecule has 0 aromatic heterocycles. The number of benzene rings is 1. The van der Waals surface area contributed by atoms with Gasteiger partial charge in [-0.25, -0.2) is 0 Å². The van der Waals surface area contributed by atoms with Crippen LogP contribution in [0.25, 0.3) is 0 Å². The first-order valence-corrected chi connectivity index (χ1v) is 5.90. The number of rotatable bonds is 4. The maximum Gasteiger partial charge on any atom is 0.125 e. The molecule has 88 valence electrons. The molecule has 3 heteroatoms. The number of likely N-dealkylation sites (N-methyl/N-ethyl adjacent to an activating group) is 1. The maximum absolute atomic E-state index is 5.87. The number of fused-ring (bicyclic) bond motifs is 1. The van der Waals surface area contributed by atoms with Gasteiger partial charge in [-0.2, -0.15) is 0 Å². The topological polar surface area (TPSA) is 30.5 Å². The summed E-state index contributed by atoms with van der Waals surface area (Å²) >= 11 is 0. The van der Waals surface area contributed by atoms with Crippen LogP contribution >= 0.6 is 0 Å². The van der Waals surface area contributed by atoms with Crippen LogP contribution < -0.4 is 14.8 Å². The highest BCUT2D eigenvalue weighted by Gasteiger charge is 2.32. The number of ether oxygens (including phenoxy) is 2. The van der Waals surface area contributed by atoms with Gasteiger partial charge >= 0.3 is 0 Å². The van der Waals surface area contributed by atoms with Crippen molar-refractivity contribution in [1.29, 1.82) is 0 Å². The van der Waals surface area contributed by atoms with Gasteiger partial charge in [0.15, 0.2) is 0 Å². The summed E-state index contributed by atoms with van der Waals surface area (Å²) in [6, 6.07) is 6.32. The Labute approximate surface area is 96.8 Å². The lowest BCUT2D eigenvalue weighted by atomic mass is 10.0. The molecule has 0 spiro atoms. The summed E-state index contributed by atoms with van der Waals surface area (Å²) in [4.78, 5) is 0. The highest BCUT2D eigenvalue weighted by molar-refractivity contribution is 5.45. The molecule has 1 aliphatic heterocycles. The smallest absolute Gasteiger partial charge is 0.125 e. The van der Waals surface area contributed by atoms with E-state index in [1.807, 2.05) is 26.1 Å². The van der Waals surface area contributed by atoms with E-state index < -0.39 is 0 Å². The Morgan fingerprint density at radius 2 is 2.19 bits per heavy atom. The largest absolute Gasteiger partial charge is 0.494 e. The number of hydrogen-bond donors (Lipinski definition) is 1. The van der Waals surface area contributed by atoms with Crippen LogP contribution in [0.15, 0.2) is 18.2 Å². The van der Waals surface area contributed by atoms with Gasteiger partial charge in [-0.05, 0) is 38.6 Å². The van der Waals surface area contributed by atoms with E-state index in [0.29, 0.717) is 6.61 Å². The molecular weight excluding hydrogens is 202 g/mol. The fraction of sp³-hybridized carbons (Fsp3) is 0.538. The second kappa shape index (κ2) is 4.74. The standard InChI is InChI=1S/C13H19NO2/c1-4-11-13(14-3)10-8-9(15-5-2)6-7-12(10)16-11/h6-8,11,13-14H,4-5H2,1-3H3. The predicted octanol–water partition coefficient (Wildman–Crippen LogP) is 2.52. The average molecular weight is 221 g/mol. The molecule has 1 aromatic rings. The van der Waals surface area contributed by atoms with Gasteiger partial charge in [0.25, 0.3) is 0 Å². The van der Waals surface area contributed by atoms with Crippen LogP contribution in [0.4, 0.5) is 0 Å². The average Bonchev–Trinajstić information content (AvgIpc) is 2.66. The van der Waals surface area contributed by atoms with E-state index in [0.717, 1.165) is 17.9 Å². The molecule has 1 heterocycles. The summed E-state index contributed by atoms with van der Waals surface area (Å²) < 4.78 is 11.4. The van der Waals surface area contributed by atoms with E-state index in [9.17, 15) is 0 Å². The van der Waals surface area contributed by atoms with Gasteiger partial charge in [-0.1, -0.05) is 6.92 Å². The van der Waals surface area contributed by atoms with Gasteiger partial charge in [-0.15, -0.1) is 0 Å². The van der Waals surface area contributed by atoms with Crippen molar-refractivity contribution < 1.29 is 9.47 Å². The van der Waals surface area contributed by atoms with E-state index in [4.69, 9.17) is 9.47 Å². The fourth-order valence-electron chi connectivity index (χ4n) is 2.23. The second-order valence-electron chi connectivity index (χ2n) is 3.96. The molecule has 2 unspecified atom stereocenters. The van der Waals surface area contributed by atoms with E-state index in [-0.39, 0.29) is 12.1 Å². The van der Waals surface area contributed by atoms with Gasteiger partial charge in [0.1, 0.15) is 17.6 Å². The van der Waals surface area contributed by atoms with Crippen LogP contribution in [0, 0.1) is 0 Å². The Morgan fingerprint density at radius 3 is 2.81 bits per heavy atom. The van der Waals surface area contributed by atoms with Crippen molar-refractivity contribution in [2.24, 2.45) is 0 Å². The number of hydrogen-bond acceptors (Lipinski definition) is 3. The molecule has 0 fully saturated rings. The molecule has 0 amide bonds. The van der Waals surface area contributed by atoms with Gasteiger partial charge in [0, 0.05) is 5.56 Å². The zero-order valence-corrected chi connectivity index (χ0v) is 10.1. The molecule has 16 heavy (non-hydrogen) atoms. The minimum Gasteiger partial charge on any atom is -0.494 e. The maximum atomic E-state index is 5.87. The normalized spacial score (nSPS) is 22.7. The third kappa shape index (κ3) is 1.87. The molecular formula is C13H19NO2. The Morgan fingerprint density at radius 1 is 1.38 bits per heavy atom. The summed E-state index contributed by atoms with van der Waals surface area (Å²) in [7, 11) is 1.97. The molecule has 2 rings (SSSR count). The van der Waals surface area contributed by atoms with Gasteiger partial charge in [-0.3, -0.25) is 0 Å². The Bertz CT molecular complexity index is 365. The van der Waals surface area contributed by atoms with Crippen molar-refractivity contribution in [3.8, 4) is 11.5 Å². The Balaban J connectivity index is 2.29. The molecule has 3 nitrogen and oxygen atoms in total. The monoisotopic (exact) mass is 221 g/mol. The lowest BCUT2D eigenvalue weighted by molar-refractivity contribution is 0.189. The summed E-state index contributed by atoms with van der Waals surface area (Å²) in [5.74, 6) is 1.90. The third-order valence-corrected chi connectivity index (χ3v) is 2.99. The van der Waals surface area contributed by atoms with Crippen LogP contribution in [-0.4, -0.2) is 19.8 Å². The first-order valence-electron chi connectivity index (χ1n) is 5.90. The summed E-state index contributed by atoms with van der Waals surface area (Å²) in [6.45, 7) is 4.83. The van der Waals surface area contributed by atoms with Crippen molar-refractivity contribution in [2.45, 2.75) is 32.4 Å². The Hall–Kier alpha value is -1.22. The van der Waals surface area contributed by atoms with E-state index in [1.165, 1.54) is 5.56 Å². The van der Waals surface area contributed by atoms with Gasteiger partial charge in [0.2, 0.25) is 0 Å². The molecule has 0 aliphatic carbocycles. The number of nitrogens with one attached hydrogen (secondary N) is 1. The van der Waals surface area contributed by atoms with E-state index >= 15 is 0 Å². The quantitative estimate of drug-likeness (QED) is 0.847. The van der Waals surface area contributed by atoms with Crippen LogP contribution in [0.1, 0.15) is 31.9 Å². The molecule has 2 atom stereocenters. The minimum absolute atomic E-state index is 0.233. The summed E-state index contributed by atoms with van der Waals surface area (Å²) in [6.07, 6.45) is 1.24. The first-order chi connectivity index (χ1) is 7.80. The minimum atomic E-state index is 0.233. The zero-order chi connectivity index (χ0) is 11.5. The van der Waals surface area contributed by atoms with Crippen molar-refractivity contribution in [1.82, 2.24) is 5.32 Å². The molecule has 1 aliphatic rings. The fourth-order valence-corrected chi connectivity index (χ4v) is 2.23. The lowest BCUT2D eigenvalue weighted by Crippen LogP contribution is -2.27. The van der Waals surface area contributed by atoms with Crippen molar-refractivity contribution in [3.63, 3.8) is 0 Å². The van der Waals surface area contributed by atoms with Crippen LogP contribution in [0.5, 0.6) is 11.5 Å². The molecule has 0 bridgehead atoms. The molecule has 1 aromatic carbocycles. The third-order valence-electron chi connectivity index (χ3n) is 2.99. The molecule has 0 radical (unpaired) electrons. The SMILES string of the molecule is CCOc1ccc2c(c1)C(NC)C(CC)O2. The van der Waals surface area contributed by atoms with Crippen molar-refractivity contribution >= 4 is 0 Å². The van der Waals surface area contributed by atoms with Crippen LogP contribution in [0.3, 0.4) is 0 Å². The summed E-state index contributed by atoms with van der Waals surface area (Å²) in [5.41, 5.74) is 1.21. The van der Waals surface area contributed by atoms with Crippen LogP contribution in [-0.2, 0) is 0 Å². The molecule has 0 saturated carbocycles. The highest BCUT2D eigenvalue weighted by Crippen LogP contribution is 2.39. The van der Waals surface area contributed by atoms with Crippen molar-refractivity contribution in [3.05, 3.63) is 23.8 Å². The predicted molar refractivity (Wildman–Crippen MR) is 64.1 cm³/mol. The second-order valence-corrected chi connectivity index (χ2v) is 3.96. The Kier molecular flexibility index (Phi) is 3.34. The van der Waals surface area contributed by atoms with E-state index in [2.05, 4.69) is 18.3 Å². The highest BCUT2D eigenvalue weighted by atomic mass is 16.5. The van der Waals surface area contributed by atoms with E-state index in [1.54, 1.807) is 0 Å². The molecule has 0 saturated heterocycles. The molecule has 1 N–H and O–H groups in total. The van der Waals surface area contributed by atoms with Crippen molar-refractivity contribution in [2.75, 3.05) is 13.7 Å². The first kappa shape index (κ1) is 11.3.